The number of sulfonamides is 1. The van der Waals surface area contributed by atoms with Gasteiger partial charge in [0.05, 0.1) is 21.2 Å². The predicted octanol–water partition coefficient (Wildman–Crippen LogP) is 4.12. The molecule has 1 saturated heterocycles. The molecule has 33 heavy (non-hydrogen) atoms. The van der Waals surface area contributed by atoms with Crippen LogP contribution < -0.4 is 9.62 Å². The first kappa shape index (κ1) is 22.9. The van der Waals surface area contributed by atoms with Crippen molar-refractivity contribution in [3.63, 3.8) is 0 Å². The summed E-state index contributed by atoms with van der Waals surface area (Å²) in [5.74, 6) is -0.135. The minimum Gasteiger partial charge on any atom is -0.506 e. The number of rotatable bonds is 5. The zero-order valence-corrected chi connectivity index (χ0v) is 19.6. The minimum atomic E-state index is -3.90. The third-order valence-corrected chi connectivity index (χ3v) is 7.25. The molecule has 7 nitrogen and oxygen atoms in total. The predicted molar refractivity (Wildman–Crippen MR) is 130 cm³/mol. The molecule has 4 rings (SSSR count). The summed E-state index contributed by atoms with van der Waals surface area (Å²) in [6.07, 6.45) is 0. The van der Waals surface area contributed by atoms with E-state index in [0.717, 1.165) is 11.3 Å². The van der Waals surface area contributed by atoms with E-state index in [1.165, 1.54) is 18.2 Å². The SMILES string of the molecule is Cc1cccc(NS(=O)(=O)c2ccc(Cl)c(C(=O)N3CCN(c4ccccc4O)CC3)c2)c1. The maximum Gasteiger partial charge on any atom is 0.261 e. The Kier molecular flexibility index (Phi) is 6.49. The topological polar surface area (TPSA) is 90.0 Å². The zero-order chi connectivity index (χ0) is 23.6. The largest absolute Gasteiger partial charge is 0.506 e. The third kappa shape index (κ3) is 5.07. The van der Waals surface area contributed by atoms with Gasteiger partial charge in [0, 0.05) is 31.9 Å². The van der Waals surface area contributed by atoms with Gasteiger partial charge in [-0.1, -0.05) is 35.9 Å². The number of nitrogens with zero attached hydrogens (tertiary/aromatic N) is 2. The van der Waals surface area contributed by atoms with Crippen molar-refractivity contribution in [3.05, 3.63) is 82.9 Å². The van der Waals surface area contributed by atoms with Crippen LogP contribution in [-0.4, -0.2) is 50.5 Å². The number of phenols is 1. The molecule has 0 unspecified atom stereocenters. The number of benzene rings is 3. The van der Waals surface area contributed by atoms with Crippen molar-refractivity contribution >= 4 is 38.9 Å². The molecule has 172 valence electrons. The van der Waals surface area contributed by atoms with Gasteiger partial charge in [0.1, 0.15) is 5.75 Å². The maximum absolute atomic E-state index is 13.2. The second kappa shape index (κ2) is 9.33. The molecule has 1 fully saturated rings. The van der Waals surface area contributed by atoms with Crippen LogP contribution >= 0.6 is 11.6 Å². The van der Waals surface area contributed by atoms with Crippen LogP contribution in [0.1, 0.15) is 15.9 Å². The van der Waals surface area contributed by atoms with E-state index in [1.807, 2.05) is 30.0 Å². The average molecular weight is 486 g/mol. The number of carbonyl (C=O) groups is 1. The highest BCUT2D eigenvalue weighted by atomic mass is 35.5. The number of halogens is 1. The van der Waals surface area contributed by atoms with E-state index in [1.54, 1.807) is 35.2 Å². The molecule has 1 amide bonds. The summed E-state index contributed by atoms with van der Waals surface area (Å²) >= 11 is 6.28. The van der Waals surface area contributed by atoms with Crippen LogP contribution in [0, 0.1) is 6.92 Å². The van der Waals surface area contributed by atoms with Gasteiger partial charge in [-0.05, 0) is 55.0 Å². The van der Waals surface area contributed by atoms with Gasteiger partial charge in [-0.25, -0.2) is 8.42 Å². The lowest BCUT2D eigenvalue weighted by Gasteiger charge is -2.36. The Morgan fingerprint density at radius 3 is 2.39 bits per heavy atom. The number of nitrogens with one attached hydrogen (secondary N) is 1. The average Bonchev–Trinajstić information content (AvgIpc) is 2.79. The van der Waals surface area contributed by atoms with Crippen LogP contribution in [-0.2, 0) is 10.0 Å². The van der Waals surface area contributed by atoms with Crippen LogP contribution in [0.4, 0.5) is 11.4 Å². The summed E-state index contributed by atoms with van der Waals surface area (Å²) in [6, 6.07) is 18.2. The second-order valence-corrected chi connectivity index (χ2v) is 9.97. The molecule has 0 aromatic heterocycles. The molecule has 0 bridgehead atoms. The minimum absolute atomic E-state index is 0.0374. The van der Waals surface area contributed by atoms with Gasteiger partial charge in [0.15, 0.2) is 0 Å². The van der Waals surface area contributed by atoms with E-state index in [0.29, 0.717) is 31.9 Å². The van der Waals surface area contributed by atoms with E-state index in [9.17, 15) is 18.3 Å². The first-order chi connectivity index (χ1) is 15.7. The number of aromatic hydroxyl groups is 1. The molecule has 1 aliphatic heterocycles. The van der Waals surface area contributed by atoms with Crippen molar-refractivity contribution in [3.8, 4) is 5.75 Å². The van der Waals surface area contributed by atoms with Crippen molar-refractivity contribution in [2.45, 2.75) is 11.8 Å². The summed E-state index contributed by atoms with van der Waals surface area (Å²) in [4.78, 5) is 16.8. The van der Waals surface area contributed by atoms with E-state index < -0.39 is 10.0 Å². The number of carbonyl (C=O) groups excluding carboxylic acids is 1. The Labute approximate surface area is 198 Å². The summed E-state index contributed by atoms with van der Waals surface area (Å²) in [7, 11) is -3.90. The van der Waals surface area contributed by atoms with Gasteiger partial charge < -0.3 is 14.9 Å². The highest BCUT2D eigenvalue weighted by Gasteiger charge is 2.26. The van der Waals surface area contributed by atoms with Crippen LogP contribution in [0.2, 0.25) is 5.02 Å². The Morgan fingerprint density at radius 2 is 1.70 bits per heavy atom. The molecule has 0 saturated carbocycles. The number of para-hydroxylation sites is 2. The molecular weight excluding hydrogens is 462 g/mol. The van der Waals surface area contributed by atoms with E-state index in [4.69, 9.17) is 11.6 Å². The first-order valence-electron chi connectivity index (χ1n) is 10.5. The fourth-order valence-corrected chi connectivity index (χ4v) is 5.08. The number of hydrogen-bond donors (Lipinski definition) is 2. The van der Waals surface area contributed by atoms with Crippen molar-refractivity contribution < 1.29 is 18.3 Å². The summed E-state index contributed by atoms with van der Waals surface area (Å²) < 4.78 is 28.3. The lowest BCUT2D eigenvalue weighted by molar-refractivity contribution is 0.0746. The third-order valence-electron chi connectivity index (χ3n) is 5.54. The lowest BCUT2D eigenvalue weighted by atomic mass is 10.1. The van der Waals surface area contributed by atoms with Gasteiger partial charge >= 0.3 is 0 Å². The van der Waals surface area contributed by atoms with Crippen LogP contribution in [0.3, 0.4) is 0 Å². The molecule has 3 aromatic carbocycles. The van der Waals surface area contributed by atoms with Crippen molar-refractivity contribution in [1.82, 2.24) is 4.90 Å². The van der Waals surface area contributed by atoms with Crippen LogP contribution in [0.5, 0.6) is 5.75 Å². The molecule has 0 aliphatic carbocycles. The Hall–Kier alpha value is -3.23. The molecular formula is C24H24ClN3O4S. The number of anilines is 2. The Bertz CT molecular complexity index is 1290. The zero-order valence-electron chi connectivity index (χ0n) is 18.0. The molecule has 2 N–H and O–H groups in total. The van der Waals surface area contributed by atoms with Gasteiger partial charge in [-0.15, -0.1) is 0 Å². The van der Waals surface area contributed by atoms with Crippen LogP contribution in [0.25, 0.3) is 0 Å². The second-order valence-electron chi connectivity index (χ2n) is 7.88. The summed E-state index contributed by atoms with van der Waals surface area (Å²) in [6.45, 7) is 3.78. The van der Waals surface area contributed by atoms with Gasteiger partial charge in [-0.2, -0.15) is 0 Å². The number of phenolic OH excluding ortho intramolecular Hbond substituents is 1. The molecule has 1 aliphatic rings. The Morgan fingerprint density at radius 1 is 0.970 bits per heavy atom. The van der Waals surface area contributed by atoms with Gasteiger partial charge in [0.2, 0.25) is 0 Å². The fraction of sp³-hybridized carbons (Fsp3) is 0.208. The smallest absolute Gasteiger partial charge is 0.261 e. The van der Waals surface area contributed by atoms with Crippen LogP contribution in [0.15, 0.2) is 71.6 Å². The van der Waals surface area contributed by atoms with E-state index >= 15 is 0 Å². The number of aryl methyl sites for hydroxylation is 1. The van der Waals surface area contributed by atoms with E-state index in [-0.39, 0.29) is 27.1 Å². The highest BCUT2D eigenvalue weighted by Crippen LogP contribution is 2.28. The number of hydrogen-bond acceptors (Lipinski definition) is 5. The normalized spacial score (nSPS) is 14.2. The molecule has 0 spiro atoms. The quantitative estimate of drug-likeness (QED) is 0.567. The van der Waals surface area contributed by atoms with E-state index in [2.05, 4.69) is 4.72 Å². The van der Waals surface area contributed by atoms with Crippen molar-refractivity contribution in [1.29, 1.82) is 0 Å². The molecule has 3 aromatic rings. The highest BCUT2D eigenvalue weighted by molar-refractivity contribution is 7.92. The fourth-order valence-electron chi connectivity index (χ4n) is 3.81. The van der Waals surface area contributed by atoms with Gasteiger partial charge in [0.25, 0.3) is 15.9 Å². The monoisotopic (exact) mass is 485 g/mol. The Balaban J connectivity index is 1.51. The number of piperazine rings is 1. The van der Waals surface area contributed by atoms with Crippen molar-refractivity contribution in [2.24, 2.45) is 0 Å². The maximum atomic E-state index is 13.2. The summed E-state index contributed by atoms with van der Waals surface area (Å²) in [5, 5.41) is 10.3. The molecule has 0 atom stereocenters. The molecule has 0 radical (unpaired) electrons. The number of amides is 1. The lowest BCUT2D eigenvalue weighted by Crippen LogP contribution is -2.48. The first-order valence-corrected chi connectivity index (χ1v) is 12.3. The molecule has 1 heterocycles. The molecule has 9 heteroatoms. The van der Waals surface area contributed by atoms with Crippen molar-refractivity contribution in [2.75, 3.05) is 35.8 Å². The standard InChI is InChI=1S/C24H24ClN3O4S/c1-17-5-4-6-18(15-17)26-33(31,32)19-9-10-21(25)20(16-19)24(30)28-13-11-27(12-14-28)22-7-2-3-8-23(22)29/h2-10,15-16,26,29H,11-14H2,1H3. The summed E-state index contributed by atoms with van der Waals surface area (Å²) in [5.41, 5.74) is 2.22. The van der Waals surface area contributed by atoms with Gasteiger partial charge in [-0.3, -0.25) is 9.52 Å².